The number of esters is 1. The summed E-state index contributed by atoms with van der Waals surface area (Å²) in [6.07, 6.45) is 6.82. The Morgan fingerprint density at radius 2 is 2.07 bits per heavy atom. The van der Waals surface area contributed by atoms with Crippen LogP contribution in [-0.4, -0.2) is 63.5 Å². The molecule has 6 aliphatic rings. The Labute approximate surface area is 170 Å². The smallest absolute Gasteiger partial charge is 0.312 e. The summed E-state index contributed by atoms with van der Waals surface area (Å²) < 4.78 is 23.9. The number of piperidine rings is 1. The maximum Gasteiger partial charge on any atom is 0.312 e. The van der Waals surface area contributed by atoms with Gasteiger partial charge in [-0.05, 0) is 44.5 Å². The fourth-order valence-corrected chi connectivity index (χ4v) is 7.61. The van der Waals surface area contributed by atoms with E-state index in [1.807, 2.05) is 6.07 Å². The van der Waals surface area contributed by atoms with Crippen molar-refractivity contribution >= 4 is 5.97 Å². The fraction of sp³-hybridized carbons (Fsp3) is 0.609. The minimum atomic E-state index is -0.839. The standard InChI is InChI=1S/C23H27NO5/c1-24-10-9-22-17-13-5-6-15(26-2)18(17)29-20(22)23(28-4)8-7-21(22,16(24)11-13)12-14(23)19(25)27-3/h5-8,14,16,20H,9-12H2,1-4H3/t14-,16?,20+,21?,22?,23-/m1/s1. The molecule has 2 heterocycles. The van der Waals surface area contributed by atoms with Gasteiger partial charge in [-0.15, -0.1) is 0 Å². The molecular weight excluding hydrogens is 370 g/mol. The zero-order valence-corrected chi connectivity index (χ0v) is 17.4. The number of fused-ring (bicyclic) bond motifs is 1. The fourth-order valence-electron chi connectivity index (χ4n) is 7.61. The van der Waals surface area contributed by atoms with Gasteiger partial charge in [0.25, 0.3) is 0 Å². The third-order valence-corrected chi connectivity index (χ3v) is 8.76. The van der Waals surface area contributed by atoms with Crippen LogP contribution >= 0.6 is 0 Å². The quantitative estimate of drug-likeness (QED) is 0.575. The van der Waals surface area contributed by atoms with Crippen molar-refractivity contribution in [1.29, 1.82) is 0 Å². The van der Waals surface area contributed by atoms with E-state index in [0.29, 0.717) is 6.04 Å². The van der Waals surface area contributed by atoms with Crippen LogP contribution in [0.1, 0.15) is 24.0 Å². The molecule has 4 aliphatic carbocycles. The van der Waals surface area contributed by atoms with Gasteiger partial charge in [-0.2, -0.15) is 0 Å². The molecule has 29 heavy (non-hydrogen) atoms. The monoisotopic (exact) mass is 397 g/mol. The van der Waals surface area contributed by atoms with Gasteiger partial charge in [0.2, 0.25) is 0 Å². The van der Waals surface area contributed by atoms with Crippen LogP contribution in [0, 0.1) is 11.3 Å². The Morgan fingerprint density at radius 1 is 1.24 bits per heavy atom. The van der Waals surface area contributed by atoms with Crippen LogP contribution in [0.15, 0.2) is 24.3 Å². The van der Waals surface area contributed by atoms with Gasteiger partial charge in [0, 0.05) is 24.1 Å². The largest absolute Gasteiger partial charge is 0.493 e. The predicted octanol–water partition coefficient (Wildman–Crippen LogP) is 2.09. The van der Waals surface area contributed by atoms with Crippen LogP contribution < -0.4 is 9.47 Å². The number of carbonyl (C=O) groups is 1. The van der Waals surface area contributed by atoms with Gasteiger partial charge in [0.1, 0.15) is 11.7 Å². The molecular formula is C23H27NO5. The van der Waals surface area contributed by atoms with Crippen molar-refractivity contribution in [3.05, 3.63) is 35.4 Å². The van der Waals surface area contributed by atoms with E-state index in [4.69, 9.17) is 18.9 Å². The number of nitrogens with zero attached hydrogens (tertiary/aromatic N) is 1. The van der Waals surface area contributed by atoms with Crippen LogP contribution in [0.4, 0.5) is 0 Å². The number of rotatable bonds is 3. The highest BCUT2D eigenvalue weighted by molar-refractivity contribution is 5.78. The second kappa shape index (κ2) is 5.35. The minimum absolute atomic E-state index is 0.186. The number of hydrogen-bond acceptors (Lipinski definition) is 6. The molecule has 0 N–H and O–H groups in total. The zero-order valence-electron chi connectivity index (χ0n) is 17.4. The Hall–Kier alpha value is -2.05. The number of benzene rings is 1. The highest BCUT2D eigenvalue weighted by Gasteiger charge is 2.80. The van der Waals surface area contributed by atoms with E-state index in [0.717, 1.165) is 37.3 Å². The molecule has 1 saturated carbocycles. The van der Waals surface area contributed by atoms with Gasteiger partial charge in [-0.1, -0.05) is 18.2 Å². The van der Waals surface area contributed by atoms with Crippen LogP contribution in [0.5, 0.6) is 11.5 Å². The van der Waals surface area contributed by atoms with Crippen molar-refractivity contribution in [1.82, 2.24) is 4.90 Å². The first-order valence-corrected chi connectivity index (χ1v) is 10.4. The molecule has 6 atom stereocenters. The first-order chi connectivity index (χ1) is 14.0. The topological polar surface area (TPSA) is 57.2 Å². The average Bonchev–Trinajstić information content (AvgIpc) is 3.12. The van der Waals surface area contributed by atoms with Gasteiger partial charge < -0.3 is 23.8 Å². The Kier molecular flexibility index (Phi) is 3.28. The molecule has 2 spiro atoms. The number of ether oxygens (including phenoxy) is 4. The van der Waals surface area contributed by atoms with Crippen molar-refractivity contribution in [2.45, 2.75) is 42.4 Å². The third kappa shape index (κ3) is 1.65. The molecule has 6 nitrogen and oxygen atoms in total. The number of hydrogen-bond donors (Lipinski definition) is 0. The van der Waals surface area contributed by atoms with Crippen molar-refractivity contribution in [2.24, 2.45) is 11.3 Å². The van der Waals surface area contributed by atoms with Crippen molar-refractivity contribution in [2.75, 3.05) is 34.9 Å². The van der Waals surface area contributed by atoms with Crippen LogP contribution in [0.2, 0.25) is 0 Å². The number of carbonyl (C=O) groups excluding carboxylic acids is 1. The predicted molar refractivity (Wildman–Crippen MR) is 105 cm³/mol. The highest BCUT2D eigenvalue weighted by Crippen LogP contribution is 2.74. The van der Waals surface area contributed by atoms with Gasteiger partial charge >= 0.3 is 5.97 Å². The van der Waals surface area contributed by atoms with E-state index in [1.165, 1.54) is 18.2 Å². The normalized spacial score (nSPS) is 43.0. The molecule has 0 radical (unpaired) electrons. The Bertz CT molecular complexity index is 959. The molecule has 3 unspecified atom stereocenters. The lowest BCUT2D eigenvalue weighted by Gasteiger charge is -2.70. The zero-order chi connectivity index (χ0) is 20.2. The number of methoxy groups -OCH3 is 3. The molecule has 0 aromatic heterocycles. The highest BCUT2D eigenvalue weighted by atomic mass is 16.6. The summed E-state index contributed by atoms with van der Waals surface area (Å²) in [6.45, 7) is 0.999. The van der Waals surface area contributed by atoms with E-state index in [1.54, 1.807) is 14.2 Å². The van der Waals surface area contributed by atoms with E-state index < -0.39 is 11.5 Å². The number of likely N-dealkylation sites (N-methyl/N-ethyl adjacent to an activating group) is 1. The number of likely N-dealkylation sites (tertiary alicyclic amines) is 1. The molecule has 0 amide bonds. The lowest BCUT2D eigenvalue weighted by molar-refractivity contribution is -0.221. The summed E-state index contributed by atoms with van der Waals surface area (Å²) in [5.41, 5.74) is 1.40. The Balaban J connectivity index is 1.69. The van der Waals surface area contributed by atoms with Crippen molar-refractivity contribution < 1.29 is 23.7 Å². The minimum Gasteiger partial charge on any atom is -0.493 e. The molecule has 154 valence electrons. The van der Waals surface area contributed by atoms with Gasteiger partial charge in [-0.3, -0.25) is 4.79 Å². The summed E-state index contributed by atoms with van der Waals surface area (Å²) in [7, 11) is 7.05. The van der Waals surface area contributed by atoms with Gasteiger partial charge in [0.15, 0.2) is 11.5 Å². The molecule has 2 aliphatic heterocycles. The second-order valence-corrected chi connectivity index (χ2v) is 9.26. The van der Waals surface area contributed by atoms with E-state index in [2.05, 4.69) is 30.2 Å². The maximum absolute atomic E-state index is 12.9. The van der Waals surface area contributed by atoms with Crippen molar-refractivity contribution in [3.63, 3.8) is 0 Å². The molecule has 1 aromatic rings. The first kappa shape index (κ1) is 17.8. The van der Waals surface area contributed by atoms with E-state index in [9.17, 15) is 4.79 Å². The molecule has 2 fully saturated rings. The van der Waals surface area contributed by atoms with Gasteiger partial charge in [-0.25, -0.2) is 0 Å². The SMILES string of the molecule is COC(=O)[C@H]1CC23C=C[C@]1(OC)[C@H]1Oc4c(OC)ccc5c4C12CCN(C)C3C5. The molecule has 1 aromatic carbocycles. The summed E-state index contributed by atoms with van der Waals surface area (Å²) in [4.78, 5) is 15.4. The van der Waals surface area contributed by atoms with E-state index in [-0.39, 0.29) is 22.9 Å². The Morgan fingerprint density at radius 3 is 2.79 bits per heavy atom. The summed E-state index contributed by atoms with van der Waals surface area (Å²) in [6, 6.07) is 4.53. The summed E-state index contributed by atoms with van der Waals surface area (Å²) >= 11 is 0. The first-order valence-electron chi connectivity index (χ1n) is 10.4. The van der Waals surface area contributed by atoms with Crippen LogP contribution in [-0.2, 0) is 26.1 Å². The second-order valence-electron chi connectivity index (χ2n) is 9.26. The molecule has 6 heteroatoms. The third-order valence-electron chi connectivity index (χ3n) is 8.76. The van der Waals surface area contributed by atoms with Crippen LogP contribution in [0.25, 0.3) is 0 Å². The molecule has 7 rings (SSSR count). The maximum atomic E-state index is 12.9. The van der Waals surface area contributed by atoms with E-state index >= 15 is 0 Å². The van der Waals surface area contributed by atoms with Crippen LogP contribution in [0.3, 0.4) is 0 Å². The lowest BCUT2D eigenvalue weighted by Crippen LogP contribution is -2.79. The summed E-state index contributed by atoms with van der Waals surface area (Å²) in [5, 5.41) is 0. The summed E-state index contributed by atoms with van der Waals surface area (Å²) in [5.74, 6) is 0.998. The van der Waals surface area contributed by atoms with Gasteiger partial charge in [0.05, 0.1) is 25.6 Å². The lowest BCUT2D eigenvalue weighted by atomic mass is 9.37. The molecule has 1 saturated heterocycles. The van der Waals surface area contributed by atoms with Crippen molar-refractivity contribution in [3.8, 4) is 11.5 Å². The average molecular weight is 397 g/mol. The molecule has 4 bridgehead atoms.